The van der Waals surface area contributed by atoms with Gasteiger partial charge < -0.3 is 15.4 Å². The van der Waals surface area contributed by atoms with Crippen LogP contribution in [0.5, 0.6) is 0 Å². The summed E-state index contributed by atoms with van der Waals surface area (Å²) in [5.41, 5.74) is 2.60. The van der Waals surface area contributed by atoms with E-state index >= 15 is 0 Å². The van der Waals surface area contributed by atoms with Gasteiger partial charge in [0, 0.05) is 11.6 Å². The van der Waals surface area contributed by atoms with E-state index in [-0.39, 0.29) is 31.0 Å². The van der Waals surface area contributed by atoms with Gasteiger partial charge >= 0.3 is 5.97 Å². The molecule has 1 fully saturated rings. The monoisotopic (exact) mass is 360 g/mol. The average molecular weight is 360 g/mol. The lowest BCUT2D eigenvalue weighted by Crippen LogP contribution is -2.43. The molecule has 6 heteroatoms. The van der Waals surface area contributed by atoms with E-state index in [0.717, 1.165) is 30.4 Å². The van der Waals surface area contributed by atoms with Crippen molar-refractivity contribution in [3.63, 3.8) is 0 Å². The first-order valence-electron chi connectivity index (χ1n) is 9.17. The van der Waals surface area contributed by atoms with Gasteiger partial charge in [-0.2, -0.15) is 0 Å². The molecule has 26 heavy (non-hydrogen) atoms. The van der Waals surface area contributed by atoms with Crippen LogP contribution in [-0.2, 0) is 14.3 Å². The van der Waals surface area contributed by atoms with E-state index in [9.17, 15) is 14.4 Å². The number of esters is 1. The fourth-order valence-electron chi connectivity index (χ4n) is 3.11. The normalized spacial score (nSPS) is 19.5. The highest BCUT2D eigenvalue weighted by atomic mass is 16.5. The van der Waals surface area contributed by atoms with Crippen molar-refractivity contribution in [2.75, 3.05) is 13.2 Å². The predicted octanol–water partition coefficient (Wildman–Crippen LogP) is 2.27. The average Bonchev–Trinajstić information content (AvgIpc) is 2.62. The lowest BCUT2D eigenvalue weighted by atomic mass is 9.86. The number of amides is 2. The first-order valence-corrected chi connectivity index (χ1v) is 9.17. The summed E-state index contributed by atoms with van der Waals surface area (Å²) in [5.74, 6) is -0.821. The van der Waals surface area contributed by atoms with Crippen molar-refractivity contribution >= 4 is 17.8 Å². The summed E-state index contributed by atoms with van der Waals surface area (Å²) < 4.78 is 4.94. The van der Waals surface area contributed by atoms with E-state index in [1.165, 1.54) is 6.42 Å². The minimum atomic E-state index is -0.631. The molecule has 0 aliphatic heterocycles. The SMILES string of the molecule is Cc1ccc(C(=O)NCC(=O)OCC(=O)N[C@@H]2CCCC[C@@H]2C)cc1C. The van der Waals surface area contributed by atoms with E-state index in [4.69, 9.17) is 4.74 Å². The van der Waals surface area contributed by atoms with Gasteiger partial charge in [0.1, 0.15) is 6.54 Å². The number of ether oxygens (including phenoxy) is 1. The Morgan fingerprint density at radius 3 is 2.54 bits per heavy atom. The molecule has 2 amide bonds. The highest BCUT2D eigenvalue weighted by Gasteiger charge is 2.23. The van der Waals surface area contributed by atoms with Crippen LogP contribution in [0, 0.1) is 19.8 Å². The molecule has 0 heterocycles. The van der Waals surface area contributed by atoms with Gasteiger partial charge in [-0.3, -0.25) is 14.4 Å². The zero-order valence-corrected chi connectivity index (χ0v) is 15.8. The standard InChI is InChI=1S/C20H28N2O4/c1-13-8-9-16(10-15(13)3)20(25)21-11-19(24)26-12-18(23)22-17-7-5-4-6-14(17)2/h8-10,14,17H,4-7,11-12H2,1-3H3,(H,21,25)(H,22,23)/t14-,17+/m0/s1. The summed E-state index contributed by atoms with van der Waals surface area (Å²) in [7, 11) is 0. The van der Waals surface area contributed by atoms with Gasteiger partial charge in [0.25, 0.3) is 11.8 Å². The number of benzene rings is 1. The molecule has 1 saturated carbocycles. The smallest absolute Gasteiger partial charge is 0.325 e. The van der Waals surface area contributed by atoms with Crippen molar-refractivity contribution < 1.29 is 19.1 Å². The number of aryl methyl sites for hydroxylation is 2. The van der Waals surface area contributed by atoms with Gasteiger partial charge in [-0.15, -0.1) is 0 Å². The summed E-state index contributed by atoms with van der Waals surface area (Å²) >= 11 is 0. The minimum Gasteiger partial charge on any atom is -0.454 e. The van der Waals surface area contributed by atoms with Crippen LogP contribution in [0.3, 0.4) is 0 Å². The zero-order valence-electron chi connectivity index (χ0n) is 15.8. The Balaban J connectivity index is 1.70. The first kappa shape index (κ1) is 19.9. The molecule has 0 bridgehead atoms. The van der Waals surface area contributed by atoms with Crippen LogP contribution in [0.1, 0.15) is 54.1 Å². The number of hydrogen-bond acceptors (Lipinski definition) is 4. The summed E-state index contributed by atoms with van der Waals surface area (Å²) in [6, 6.07) is 5.50. The Labute approximate surface area is 154 Å². The Morgan fingerprint density at radius 2 is 1.85 bits per heavy atom. The molecule has 1 aliphatic carbocycles. The Kier molecular flexibility index (Phi) is 7.18. The van der Waals surface area contributed by atoms with Gasteiger partial charge in [-0.25, -0.2) is 0 Å². The Hall–Kier alpha value is -2.37. The number of rotatable bonds is 6. The van der Waals surface area contributed by atoms with Crippen molar-refractivity contribution in [1.29, 1.82) is 0 Å². The summed E-state index contributed by atoms with van der Waals surface area (Å²) in [5, 5.41) is 5.44. The van der Waals surface area contributed by atoms with Gasteiger partial charge in [-0.1, -0.05) is 25.8 Å². The third-order valence-corrected chi connectivity index (χ3v) is 4.98. The Morgan fingerprint density at radius 1 is 1.12 bits per heavy atom. The van der Waals surface area contributed by atoms with Crippen molar-refractivity contribution in [2.45, 2.75) is 52.5 Å². The summed E-state index contributed by atoms with van der Waals surface area (Å²) in [6.45, 7) is 5.43. The third kappa shape index (κ3) is 5.86. The fraction of sp³-hybridized carbons (Fsp3) is 0.550. The maximum atomic E-state index is 12.1. The van der Waals surface area contributed by atoms with Crippen molar-refractivity contribution in [3.05, 3.63) is 34.9 Å². The van der Waals surface area contributed by atoms with E-state index in [1.54, 1.807) is 12.1 Å². The van der Waals surface area contributed by atoms with Crippen LogP contribution < -0.4 is 10.6 Å². The second-order valence-electron chi connectivity index (χ2n) is 7.08. The molecule has 1 aromatic carbocycles. The molecule has 0 aromatic heterocycles. The number of hydrogen-bond donors (Lipinski definition) is 2. The second kappa shape index (κ2) is 9.36. The summed E-state index contributed by atoms with van der Waals surface area (Å²) in [4.78, 5) is 35.7. The molecule has 0 saturated heterocycles. The molecule has 1 aromatic rings. The fourth-order valence-corrected chi connectivity index (χ4v) is 3.11. The molecule has 2 rings (SSSR count). The quantitative estimate of drug-likeness (QED) is 0.762. The van der Waals surface area contributed by atoms with Crippen LogP contribution in [0.4, 0.5) is 0 Å². The van der Waals surface area contributed by atoms with E-state index in [1.807, 2.05) is 19.9 Å². The molecular weight excluding hydrogens is 332 g/mol. The molecule has 0 spiro atoms. The van der Waals surface area contributed by atoms with Gasteiger partial charge in [0.2, 0.25) is 0 Å². The summed E-state index contributed by atoms with van der Waals surface area (Å²) in [6.07, 6.45) is 4.38. The molecule has 0 unspecified atom stereocenters. The molecule has 0 radical (unpaired) electrons. The predicted molar refractivity (Wildman–Crippen MR) is 98.8 cm³/mol. The lowest BCUT2D eigenvalue weighted by Gasteiger charge is -2.29. The van der Waals surface area contributed by atoms with Crippen LogP contribution in [0.2, 0.25) is 0 Å². The minimum absolute atomic E-state index is 0.152. The second-order valence-corrected chi connectivity index (χ2v) is 7.08. The maximum absolute atomic E-state index is 12.1. The van der Waals surface area contributed by atoms with Crippen LogP contribution in [-0.4, -0.2) is 37.0 Å². The third-order valence-electron chi connectivity index (χ3n) is 4.98. The van der Waals surface area contributed by atoms with E-state index in [2.05, 4.69) is 17.6 Å². The molecule has 2 N–H and O–H groups in total. The molecular formula is C20H28N2O4. The lowest BCUT2D eigenvalue weighted by molar-refractivity contribution is -0.147. The van der Waals surface area contributed by atoms with Gasteiger partial charge in [-0.05, 0) is 55.9 Å². The largest absolute Gasteiger partial charge is 0.454 e. The Bertz CT molecular complexity index is 672. The zero-order chi connectivity index (χ0) is 19.1. The first-order chi connectivity index (χ1) is 12.4. The molecule has 6 nitrogen and oxygen atoms in total. The molecule has 2 atom stereocenters. The maximum Gasteiger partial charge on any atom is 0.325 e. The molecule has 1 aliphatic rings. The van der Waals surface area contributed by atoms with Crippen molar-refractivity contribution in [1.82, 2.24) is 10.6 Å². The van der Waals surface area contributed by atoms with Crippen molar-refractivity contribution in [2.24, 2.45) is 5.92 Å². The van der Waals surface area contributed by atoms with Gasteiger partial charge in [0.05, 0.1) is 0 Å². The number of carbonyl (C=O) groups excluding carboxylic acids is 3. The van der Waals surface area contributed by atoms with Crippen molar-refractivity contribution in [3.8, 4) is 0 Å². The van der Waals surface area contributed by atoms with Crippen LogP contribution in [0.25, 0.3) is 0 Å². The highest BCUT2D eigenvalue weighted by Crippen LogP contribution is 2.23. The topological polar surface area (TPSA) is 84.5 Å². The van der Waals surface area contributed by atoms with E-state index < -0.39 is 5.97 Å². The van der Waals surface area contributed by atoms with Crippen LogP contribution >= 0.6 is 0 Å². The van der Waals surface area contributed by atoms with E-state index in [0.29, 0.717) is 11.5 Å². The molecule has 142 valence electrons. The van der Waals surface area contributed by atoms with Gasteiger partial charge in [0.15, 0.2) is 6.61 Å². The van der Waals surface area contributed by atoms with Crippen LogP contribution in [0.15, 0.2) is 18.2 Å². The number of carbonyl (C=O) groups is 3. The highest BCUT2D eigenvalue weighted by molar-refractivity contribution is 5.96. The number of nitrogens with one attached hydrogen (secondary N) is 2.